The molecule has 2 atom stereocenters. The van der Waals surface area contributed by atoms with E-state index < -0.39 is 12.0 Å². The fraction of sp³-hybridized carbons (Fsp3) is 0.818. The highest BCUT2D eigenvalue weighted by Gasteiger charge is 2.22. The summed E-state index contributed by atoms with van der Waals surface area (Å²) in [6.45, 7) is 1.78. The van der Waals surface area contributed by atoms with Gasteiger partial charge in [-0.3, -0.25) is 9.59 Å². The van der Waals surface area contributed by atoms with Gasteiger partial charge in [0.15, 0.2) is 0 Å². The minimum atomic E-state index is -1.03. The Labute approximate surface area is 106 Å². The predicted molar refractivity (Wildman–Crippen MR) is 67.9 cm³/mol. The molecule has 6 heteroatoms. The van der Waals surface area contributed by atoms with E-state index in [1.165, 1.54) is 24.6 Å². The van der Waals surface area contributed by atoms with Crippen LogP contribution in [-0.2, 0) is 9.59 Å². The van der Waals surface area contributed by atoms with Gasteiger partial charge < -0.3 is 16.2 Å². The molecule has 0 aromatic carbocycles. The lowest BCUT2D eigenvalue weighted by Crippen LogP contribution is -2.39. The van der Waals surface area contributed by atoms with Crippen LogP contribution in [0, 0.1) is 0 Å². The van der Waals surface area contributed by atoms with Crippen LogP contribution in [0.3, 0.4) is 0 Å². The van der Waals surface area contributed by atoms with E-state index in [1.54, 1.807) is 6.92 Å². The zero-order valence-electron chi connectivity index (χ0n) is 10.0. The number of hydrogen-bond acceptors (Lipinski definition) is 4. The second-order valence-corrected chi connectivity index (χ2v) is 5.78. The number of carbonyl (C=O) groups excluding carboxylic acids is 1. The molecule has 1 rings (SSSR count). The summed E-state index contributed by atoms with van der Waals surface area (Å²) in [7, 11) is 0. The normalized spacial score (nSPS) is 19.9. The standard InChI is InChI=1S/C11H20N2O3S/c1-7(17-6-9(12)11(15)16)10(14)13-8-4-2-3-5-8/h7-9H,2-6,12H2,1H3,(H,13,14)(H,15,16). The SMILES string of the molecule is CC(SCC(N)C(=O)O)C(=O)NC1CCCC1. The Balaban J connectivity index is 2.24. The first kappa shape index (κ1) is 14.3. The summed E-state index contributed by atoms with van der Waals surface area (Å²) in [5.74, 6) is -0.783. The maximum Gasteiger partial charge on any atom is 0.321 e. The van der Waals surface area contributed by atoms with E-state index >= 15 is 0 Å². The molecule has 0 radical (unpaired) electrons. The third kappa shape index (κ3) is 4.95. The van der Waals surface area contributed by atoms with Crippen molar-refractivity contribution in [3.63, 3.8) is 0 Å². The number of nitrogens with two attached hydrogens (primary N) is 1. The Kier molecular flexibility index (Phi) is 5.77. The zero-order chi connectivity index (χ0) is 12.8. The Morgan fingerprint density at radius 1 is 1.47 bits per heavy atom. The van der Waals surface area contributed by atoms with Gasteiger partial charge in [0.1, 0.15) is 6.04 Å². The number of amides is 1. The van der Waals surface area contributed by atoms with Gasteiger partial charge in [0.25, 0.3) is 0 Å². The molecule has 2 unspecified atom stereocenters. The molecule has 1 aliphatic rings. The number of hydrogen-bond donors (Lipinski definition) is 3. The second-order valence-electron chi connectivity index (χ2n) is 4.41. The predicted octanol–water partition coefficient (Wildman–Crippen LogP) is 0.579. The summed E-state index contributed by atoms with van der Waals surface area (Å²) in [6.07, 6.45) is 4.46. The van der Waals surface area contributed by atoms with Gasteiger partial charge in [0, 0.05) is 11.8 Å². The average Bonchev–Trinajstić information content (AvgIpc) is 2.77. The highest BCUT2D eigenvalue weighted by atomic mass is 32.2. The van der Waals surface area contributed by atoms with Crippen molar-refractivity contribution in [1.29, 1.82) is 0 Å². The van der Waals surface area contributed by atoms with Crippen molar-refractivity contribution in [1.82, 2.24) is 5.32 Å². The number of nitrogens with one attached hydrogen (secondary N) is 1. The molecule has 17 heavy (non-hydrogen) atoms. The van der Waals surface area contributed by atoms with E-state index in [4.69, 9.17) is 10.8 Å². The Morgan fingerprint density at radius 2 is 2.06 bits per heavy atom. The summed E-state index contributed by atoms with van der Waals surface area (Å²) < 4.78 is 0. The van der Waals surface area contributed by atoms with Gasteiger partial charge in [0.05, 0.1) is 5.25 Å². The molecule has 0 aliphatic heterocycles. The van der Waals surface area contributed by atoms with Crippen LogP contribution in [0.1, 0.15) is 32.6 Å². The number of thioether (sulfide) groups is 1. The lowest BCUT2D eigenvalue weighted by atomic mass is 10.2. The molecule has 0 aromatic heterocycles. The Hall–Kier alpha value is -0.750. The smallest absolute Gasteiger partial charge is 0.321 e. The molecule has 1 saturated carbocycles. The maximum atomic E-state index is 11.8. The van der Waals surface area contributed by atoms with Gasteiger partial charge in [0.2, 0.25) is 5.91 Å². The van der Waals surface area contributed by atoms with Crippen LogP contribution in [0.2, 0.25) is 0 Å². The van der Waals surface area contributed by atoms with E-state index in [0.29, 0.717) is 6.04 Å². The van der Waals surface area contributed by atoms with E-state index in [0.717, 1.165) is 12.8 Å². The van der Waals surface area contributed by atoms with Crippen LogP contribution in [0.4, 0.5) is 0 Å². The molecule has 0 aromatic rings. The van der Waals surface area contributed by atoms with Gasteiger partial charge >= 0.3 is 5.97 Å². The molecule has 98 valence electrons. The largest absolute Gasteiger partial charge is 0.480 e. The van der Waals surface area contributed by atoms with E-state index in [1.807, 2.05) is 0 Å². The lowest BCUT2D eigenvalue weighted by Gasteiger charge is -2.17. The third-order valence-electron chi connectivity index (χ3n) is 2.91. The molecule has 1 aliphatic carbocycles. The van der Waals surface area contributed by atoms with E-state index in [2.05, 4.69) is 5.32 Å². The lowest BCUT2D eigenvalue weighted by molar-refractivity contribution is -0.138. The van der Waals surface area contributed by atoms with Gasteiger partial charge in [-0.2, -0.15) is 0 Å². The molecule has 5 nitrogen and oxygen atoms in total. The number of aliphatic carboxylic acids is 1. The van der Waals surface area contributed by atoms with Crippen LogP contribution in [-0.4, -0.2) is 40.1 Å². The fourth-order valence-electron chi connectivity index (χ4n) is 1.78. The topological polar surface area (TPSA) is 92.4 Å². The van der Waals surface area contributed by atoms with Gasteiger partial charge in [-0.1, -0.05) is 12.8 Å². The number of carbonyl (C=O) groups is 2. The minimum Gasteiger partial charge on any atom is -0.480 e. The fourth-order valence-corrected chi connectivity index (χ4v) is 2.64. The zero-order valence-corrected chi connectivity index (χ0v) is 10.8. The molecule has 4 N–H and O–H groups in total. The Morgan fingerprint density at radius 3 is 2.59 bits per heavy atom. The molecule has 0 spiro atoms. The molecule has 1 amide bonds. The van der Waals surface area contributed by atoms with Crippen molar-refractivity contribution in [2.24, 2.45) is 5.73 Å². The number of rotatable bonds is 6. The van der Waals surface area contributed by atoms with Crippen LogP contribution in [0.5, 0.6) is 0 Å². The van der Waals surface area contributed by atoms with Crippen molar-refractivity contribution in [3.05, 3.63) is 0 Å². The highest BCUT2D eigenvalue weighted by Crippen LogP contribution is 2.19. The first-order chi connectivity index (χ1) is 8.00. The second kappa shape index (κ2) is 6.86. The summed E-state index contributed by atoms with van der Waals surface area (Å²) in [5.41, 5.74) is 5.38. The Bertz CT molecular complexity index is 280. The van der Waals surface area contributed by atoms with Crippen LogP contribution in [0.25, 0.3) is 0 Å². The summed E-state index contributed by atoms with van der Waals surface area (Å²) in [4.78, 5) is 22.3. The quantitative estimate of drug-likeness (QED) is 0.649. The average molecular weight is 260 g/mol. The summed E-state index contributed by atoms with van der Waals surface area (Å²) >= 11 is 1.29. The monoisotopic (exact) mass is 260 g/mol. The van der Waals surface area contributed by atoms with Crippen LogP contribution in [0.15, 0.2) is 0 Å². The summed E-state index contributed by atoms with van der Waals surface area (Å²) in [5, 5.41) is 11.4. The molecule has 0 bridgehead atoms. The van der Waals surface area contributed by atoms with E-state index in [-0.39, 0.29) is 16.9 Å². The van der Waals surface area contributed by atoms with E-state index in [9.17, 15) is 9.59 Å². The van der Waals surface area contributed by atoms with Crippen molar-refractivity contribution < 1.29 is 14.7 Å². The van der Waals surface area contributed by atoms with Crippen LogP contribution < -0.4 is 11.1 Å². The minimum absolute atomic E-state index is 0.0144. The maximum absolute atomic E-state index is 11.8. The van der Waals surface area contributed by atoms with Crippen molar-refractivity contribution in [3.8, 4) is 0 Å². The van der Waals surface area contributed by atoms with Crippen LogP contribution >= 0.6 is 11.8 Å². The van der Waals surface area contributed by atoms with Crippen molar-refractivity contribution in [2.75, 3.05) is 5.75 Å². The van der Waals surface area contributed by atoms with Crippen molar-refractivity contribution >= 4 is 23.6 Å². The first-order valence-electron chi connectivity index (χ1n) is 5.91. The molecular weight excluding hydrogens is 240 g/mol. The van der Waals surface area contributed by atoms with Gasteiger partial charge in [-0.05, 0) is 19.8 Å². The third-order valence-corrected chi connectivity index (χ3v) is 4.18. The molecule has 1 fully saturated rings. The molecule has 0 saturated heterocycles. The molecular formula is C11H20N2O3S. The van der Waals surface area contributed by atoms with Gasteiger partial charge in [-0.15, -0.1) is 11.8 Å². The summed E-state index contributed by atoms with van der Waals surface area (Å²) in [6, 6.07) is -0.597. The molecule has 0 heterocycles. The highest BCUT2D eigenvalue weighted by molar-refractivity contribution is 8.00. The van der Waals surface area contributed by atoms with Crippen molar-refractivity contribution in [2.45, 2.75) is 49.9 Å². The number of carboxylic acids is 1. The first-order valence-corrected chi connectivity index (χ1v) is 6.96. The van der Waals surface area contributed by atoms with Gasteiger partial charge in [-0.25, -0.2) is 0 Å². The number of carboxylic acid groups (broad SMARTS) is 1.